The number of aromatic hydroxyl groups is 3. The summed E-state index contributed by atoms with van der Waals surface area (Å²) in [5.41, 5.74) is 0.596. The van der Waals surface area contributed by atoms with Gasteiger partial charge in [-0.3, -0.25) is 9.59 Å². The van der Waals surface area contributed by atoms with E-state index in [0.717, 1.165) is 30.7 Å². The number of hydrogen-bond donors (Lipinski definition) is 5. The molecule has 5 N–H and O–H groups in total. The van der Waals surface area contributed by atoms with Crippen molar-refractivity contribution < 1.29 is 29.6 Å². The van der Waals surface area contributed by atoms with Gasteiger partial charge in [-0.2, -0.15) is 0 Å². The highest BCUT2D eigenvalue weighted by Crippen LogP contribution is 2.37. The average molecular weight is 571 g/mol. The fourth-order valence-electron chi connectivity index (χ4n) is 4.71. The number of phenols is 3. The number of ether oxygens (including phenoxy) is 1. The molecule has 0 saturated carbocycles. The largest absolute Gasteiger partial charge is 0.504 e. The third-order valence-electron chi connectivity index (χ3n) is 7.08. The number of unbranched alkanes of at least 4 members (excludes halogenated alkanes) is 15. The molecular weight excluding hydrogens is 520 g/mol. The van der Waals surface area contributed by atoms with Crippen LogP contribution in [0.2, 0.25) is 0 Å². The molecule has 0 saturated heterocycles. The Morgan fingerprint density at radius 2 is 1.02 bits per heavy atom. The van der Waals surface area contributed by atoms with Crippen molar-refractivity contribution >= 4 is 23.2 Å². The zero-order valence-corrected chi connectivity index (χ0v) is 24.8. The maximum atomic E-state index is 12.2. The third kappa shape index (κ3) is 15.2. The highest BCUT2D eigenvalue weighted by atomic mass is 16.5. The molecule has 0 aromatic heterocycles. The van der Waals surface area contributed by atoms with Crippen LogP contribution in [0.3, 0.4) is 0 Å². The number of amides is 2. The maximum Gasteiger partial charge on any atom is 0.233 e. The van der Waals surface area contributed by atoms with E-state index in [1.807, 2.05) is 0 Å². The fourth-order valence-corrected chi connectivity index (χ4v) is 4.71. The van der Waals surface area contributed by atoms with E-state index in [0.29, 0.717) is 12.3 Å². The molecule has 0 fully saturated rings. The lowest BCUT2D eigenvalue weighted by molar-refractivity contribution is -0.123. The molecule has 8 heteroatoms. The lowest BCUT2D eigenvalue weighted by atomic mass is 10.0. The van der Waals surface area contributed by atoms with E-state index in [9.17, 15) is 24.9 Å². The second-order valence-electron chi connectivity index (χ2n) is 10.8. The Hall–Kier alpha value is -3.42. The summed E-state index contributed by atoms with van der Waals surface area (Å²) in [5.74, 6) is -2.27. The topological polar surface area (TPSA) is 128 Å². The van der Waals surface area contributed by atoms with Crippen LogP contribution < -0.4 is 15.4 Å². The van der Waals surface area contributed by atoms with Gasteiger partial charge in [0.1, 0.15) is 12.2 Å². The normalized spacial score (nSPS) is 10.9. The monoisotopic (exact) mass is 570 g/mol. The van der Waals surface area contributed by atoms with Crippen molar-refractivity contribution in [1.82, 2.24) is 0 Å². The lowest BCUT2D eigenvalue weighted by Crippen LogP contribution is -2.21. The molecule has 0 aliphatic heterocycles. The van der Waals surface area contributed by atoms with E-state index in [2.05, 4.69) is 17.6 Å². The van der Waals surface area contributed by atoms with Gasteiger partial charge in [0.25, 0.3) is 0 Å². The van der Waals surface area contributed by atoms with Crippen molar-refractivity contribution in [1.29, 1.82) is 0 Å². The Labute approximate surface area is 245 Å². The van der Waals surface area contributed by atoms with Crippen molar-refractivity contribution in [3.8, 4) is 23.0 Å². The molecule has 0 radical (unpaired) electrons. The predicted octanol–water partition coefficient (Wildman–Crippen LogP) is 8.41. The first kappa shape index (κ1) is 33.8. The van der Waals surface area contributed by atoms with Crippen LogP contribution in [0.25, 0.3) is 0 Å². The van der Waals surface area contributed by atoms with Crippen molar-refractivity contribution in [2.45, 2.75) is 116 Å². The summed E-state index contributed by atoms with van der Waals surface area (Å²) in [6.07, 6.45) is 20.9. The van der Waals surface area contributed by atoms with Gasteiger partial charge >= 0.3 is 0 Å². The van der Waals surface area contributed by atoms with Crippen LogP contribution in [0.15, 0.2) is 36.4 Å². The standard InChI is InChI=1S/C33H50N2O6/c1-2-3-4-5-6-7-8-9-10-11-12-13-14-15-16-17-22-41-28-20-18-26(19-21-28)34-31(38)25-32(39)35-27-23-29(36)33(40)30(37)24-27/h18-21,23-24,36-37,40H,2-17,22,25H2,1H3,(H,34,38)(H,35,39). The number of nitrogens with one attached hydrogen (secondary N) is 2. The van der Waals surface area contributed by atoms with Gasteiger partial charge in [-0.1, -0.05) is 103 Å². The van der Waals surface area contributed by atoms with Crippen LogP contribution in [-0.4, -0.2) is 33.7 Å². The van der Waals surface area contributed by atoms with Crippen LogP contribution in [0.5, 0.6) is 23.0 Å². The second kappa shape index (κ2) is 20.5. The molecule has 8 nitrogen and oxygen atoms in total. The van der Waals surface area contributed by atoms with E-state index in [1.54, 1.807) is 24.3 Å². The number of carbonyl (C=O) groups is 2. The number of carbonyl (C=O) groups excluding carboxylic acids is 2. The highest BCUT2D eigenvalue weighted by molar-refractivity contribution is 6.08. The van der Waals surface area contributed by atoms with Gasteiger partial charge < -0.3 is 30.7 Å². The summed E-state index contributed by atoms with van der Waals surface area (Å²) in [7, 11) is 0. The molecule has 0 aliphatic carbocycles. The van der Waals surface area contributed by atoms with Crippen LogP contribution in [-0.2, 0) is 9.59 Å². The third-order valence-corrected chi connectivity index (χ3v) is 7.08. The second-order valence-corrected chi connectivity index (χ2v) is 10.8. The van der Waals surface area contributed by atoms with Gasteiger partial charge in [-0.05, 0) is 30.7 Å². The van der Waals surface area contributed by atoms with Gasteiger partial charge in [0, 0.05) is 23.5 Å². The van der Waals surface area contributed by atoms with Crippen molar-refractivity contribution in [2.75, 3.05) is 17.2 Å². The van der Waals surface area contributed by atoms with Gasteiger partial charge in [0.2, 0.25) is 11.8 Å². The Morgan fingerprint density at radius 3 is 1.49 bits per heavy atom. The Balaban J connectivity index is 1.46. The van der Waals surface area contributed by atoms with E-state index < -0.39 is 35.5 Å². The summed E-state index contributed by atoms with van der Waals surface area (Å²) in [6.45, 7) is 2.93. The molecule has 0 aliphatic rings. The number of rotatable bonds is 22. The molecule has 2 rings (SSSR count). The van der Waals surface area contributed by atoms with Crippen LogP contribution in [0.1, 0.15) is 116 Å². The minimum Gasteiger partial charge on any atom is -0.504 e. The van der Waals surface area contributed by atoms with Crippen LogP contribution in [0.4, 0.5) is 11.4 Å². The van der Waals surface area contributed by atoms with Crippen molar-refractivity contribution in [3.63, 3.8) is 0 Å². The minimum absolute atomic E-state index is 0.0569. The molecule has 2 aromatic carbocycles. The number of hydrogen-bond acceptors (Lipinski definition) is 6. The Bertz CT molecular complexity index is 1000. The average Bonchev–Trinajstić information content (AvgIpc) is 2.94. The SMILES string of the molecule is CCCCCCCCCCCCCCCCCCOc1ccc(NC(=O)CC(=O)Nc2cc(O)c(O)c(O)c2)cc1. The maximum absolute atomic E-state index is 12.2. The van der Waals surface area contributed by atoms with E-state index >= 15 is 0 Å². The van der Waals surface area contributed by atoms with E-state index in [4.69, 9.17) is 4.74 Å². The quantitative estimate of drug-likeness (QED) is 0.0418. The molecular formula is C33H50N2O6. The summed E-state index contributed by atoms with van der Waals surface area (Å²) >= 11 is 0. The molecule has 0 spiro atoms. The molecule has 0 heterocycles. The predicted molar refractivity (Wildman–Crippen MR) is 165 cm³/mol. The van der Waals surface area contributed by atoms with Crippen molar-refractivity contribution in [3.05, 3.63) is 36.4 Å². The van der Waals surface area contributed by atoms with Gasteiger partial charge in [0.15, 0.2) is 17.2 Å². The van der Waals surface area contributed by atoms with Crippen LogP contribution in [0, 0.1) is 0 Å². The molecule has 41 heavy (non-hydrogen) atoms. The number of phenolic OH excluding ortho intramolecular Hbond substituents is 3. The van der Waals surface area contributed by atoms with Gasteiger partial charge in [-0.15, -0.1) is 0 Å². The zero-order valence-electron chi connectivity index (χ0n) is 24.8. The Kier molecular flexibility index (Phi) is 16.9. The molecule has 0 unspecified atom stereocenters. The first-order valence-electron chi connectivity index (χ1n) is 15.5. The first-order valence-corrected chi connectivity index (χ1v) is 15.5. The molecule has 0 atom stereocenters. The van der Waals surface area contributed by atoms with Gasteiger partial charge in [-0.25, -0.2) is 0 Å². The fraction of sp³-hybridized carbons (Fsp3) is 0.576. The minimum atomic E-state index is -0.682. The molecule has 2 aromatic rings. The highest BCUT2D eigenvalue weighted by Gasteiger charge is 2.13. The van der Waals surface area contributed by atoms with E-state index in [-0.39, 0.29) is 5.69 Å². The summed E-state index contributed by atoms with van der Waals surface area (Å²) in [6, 6.07) is 9.14. The molecule has 228 valence electrons. The molecule has 0 bridgehead atoms. The first-order chi connectivity index (χ1) is 19.9. The number of benzene rings is 2. The van der Waals surface area contributed by atoms with Crippen molar-refractivity contribution in [2.24, 2.45) is 0 Å². The smallest absolute Gasteiger partial charge is 0.233 e. The Morgan fingerprint density at radius 1 is 0.610 bits per heavy atom. The van der Waals surface area contributed by atoms with Gasteiger partial charge in [0.05, 0.1) is 6.61 Å². The zero-order chi connectivity index (χ0) is 29.7. The summed E-state index contributed by atoms with van der Waals surface area (Å²) in [4.78, 5) is 24.3. The lowest BCUT2D eigenvalue weighted by Gasteiger charge is -2.10. The van der Waals surface area contributed by atoms with E-state index in [1.165, 1.54) is 89.9 Å². The van der Waals surface area contributed by atoms with Crippen LogP contribution >= 0.6 is 0 Å². The summed E-state index contributed by atoms with van der Waals surface area (Å²) < 4.78 is 5.81. The summed E-state index contributed by atoms with van der Waals surface area (Å²) in [5, 5.41) is 33.4. The molecule has 2 amide bonds. The number of anilines is 2.